The molecule has 0 saturated heterocycles. The average Bonchev–Trinajstić information content (AvgIpc) is 1.75. The SMILES string of the molecule is CC.C[CH2][Zn][CH2]C. The molecule has 0 nitrogen and oxygen atoms in total. The number of rotatable bonds is 2. The molecule has 0 heterocycles. The van der Waals surface area contributed by atoms with E-state index >= 15 is 0 Å². The van der Waals surface area contributed by atoms with Crippen LogP contribution in [0.4, 0.5) is 0 Å². The summed E-state index contributed by atoms with van der Waals surface area (Å²) in [4.78, 5) is 0. The summed E-state index contributed by atoms with van der Waals surface area (Å²) in [5.74, 6) is 0. The minimum atomic E-state index is 0.0972. The first-order valence-corrected chi connectivity index (χ1v) is 7.61. The van der Waals surface area contributed by atoms with Gasteiger partial charge in [0.1, 0.15) is 0 Å². The van der Waals surface area contributed by atoms with Crippen molar-refractivity contribution in [1.29, 1.82) is 0 Å². The molecule has 0 bridgehead atoms. The molecular formula is C6H16Zn. The molecule has 0 spiro atoms. The van der Waals surface area contributed by atoms with Crippen molar-refractivity contribution >= 4 is 0 Å². The van der Waals surface area contributed by atoms with E-state index in [9.17, 15) is 0 Å². The zero-order valence-electron chi connectivity index (χ0n) is 6.12. The van der Waals surface area contributed by atoms with E-state index in [1.165, 1.54) is 10.0 Å². The third-order valence-electron chi connectivity index (χ3n) is 0.707. The van der Waals surface area contributed by atoms with Crippen LogP contribution in [0.15, 0.2) is 0 Å². The Morgan fingerprint density at radius 1 is 1.00 bits per heavy atom. The molecule has 0 N–H and O–H groups in total. The number of hydrogen-bond acceptors (Lipinski definition) is 0. The first-order chi connectivity index (χ1) is 3.41. The second-order valence-electron chi connectivity index (χ2n) is 1.35. The molecule has 0 aliphatic heterocycles. The second-order valence-corrected chi connectivity index (χ2v) is 7.03. The Morgan fingerprint density at radius 2 is 1.29 bits per heavy atom. The van der Waals surface area contributed by atoms with Crippen LogP contribution in [0.3, 0.4) is 0 Å². The standard InChI is InChI=1S/C2H6.2C2H5.Zn/c3*1-2;/h1-2H3;2*1H2,2H3;. The van der Waals surface area contributed by atoms with E-state index in [0.717, 1.165) is 0 Å². The average molecular weight is 154 g/mol. The van der Waals surface area contributed by atoms with Crippen LogP contribution in [0.5, 0.6) is 0 Å². The topological polar surface area (TPSA) is 0 Å². The van der Waals surface area contributed by atoms with Gasteiger partial charge >= 0.3 is 41.0 Å². The molecule has 0 unspecified atom stereocenters. The van der Waals surface area contributed by atoms with Gasteiger partial charge in [-0.2, -0.15) is 0 Å². The van der Waals surface area contributed by atoms with E-state index in [0.29, 0.717) is 0 Å². The van der Waals surface area contributed by atoms with Gasteiger partial charge in [-0.3, -0.25) is 0 Å². The van der Waals surface area contributed by atoms with Crippen LogP contribution < -0.4 is 0 Å². The van der Waals surface area contributed by atoms with Gasteiger partial charge in [-0.1, -0.05) is 13.8 Å². The van der Waals surface area contributed by atoms with Crippen molar-refractivity contribution in [3.05, 3.63) is 0 Å². The van der Waals surface area contributed by atoms with Crippen LogP contribution in [0, 0.1) is 0 Å². The Bertz CT molecular complexity index is 11.7. The minimum absolute atomic E-state index is 0.0972. The number of hydrogen-bond donors (Lipinski definition) is 0. The Labute approximate surface area is 55.3 Å². The van der Waals surface area contributed by atoms with Gasteiger partial charge in [0, 0.05) is 0 Å². The van der Waals surface area contributed by atoms with Crippen LogP contribution in [-0.4, -0.2) is 0 Å². The molecule has 0 aromatic heterocycles. The molecule has 0 rings (SSSR count). The van der Waals surface area contributed by atoms with Gasteiger partial charge in [0.05, 0.1) is 0 Å². The van der Waals surface area contributed by atoms with Crippen molar-refractivity contribution in [2.24, 2.45) is 0 Å². The van der Waals surface area contributed by atoms with Crippen molar-refractivity contribution in [3.63, 3.8) is 0 Å². The van der Waals surface area contributed by atoms with Gasteiger partial charge in [-0.25, -0.2) is 0 Å². The summed E-state index contributed by atoms with van der Waals surface area (Å²) in [6.45, 7) is 8.59. The summed E-state index contributed by atoms with van der Waals surface area (Å²) < 4.78 is 0. The second kappa shape index (κ2) is 16.0. The first-order valence-electron chi connectivity index (χ1n) is 3.41. The van der Waals surface area contributed by atoms with Gasteiger partial charge in [-0.05, 0) is 0 Å². The molecule has 0 aromatic carbocycles. The Morgan fingerprint density at radius 3 is 1.29 bits per heavy atom. The fraction of sp³-hybridized carbons (Fsp3) is 1.00. The molecule has 7 heavy (non-hydrogen) atoms. The van der Waals surface area contributed by atoms with E-state index in [1.54, 1.807) is 0 Å². The van der Waals surface area contributed by atoms with Crippen LogP contribution in [-0.2, 0) is 17.1 Å². The van der Waals surface area contributed by atoms with Crippen LogP contribution >= 0.6 is 0 Å². The van der Waals surface area contributed by atoms with Gasteiger partial charge in [-0.15, -0.1) is 0 Å². The summed E-state index contributed by atoms with van der Waals surface area (Å²) in [6.07, 6.45) is 0. The molecule has 0 saturated carbocycles. The Balaban J connectivity index is 0. The van der Waals surface area contributed by atoms with Gasteiger partial charge < -0.3 is 0 Å². The van der Waals surface area contributed by atoms with E-state index < -0.39 is 0 Å². The molecular weight excluding hydrogens is 137 g/mol. The van der Waals surface area contributed by atoms with E-state index in [1.807, 2.05) is 13.8 Å². The van der Waals surface area contributed by atoms with Crippen molar-refractivity contribution < 1.29 is 17.1 Å². The molecule has 0 aliphatic rings. The maximum absolute atomic E-state index is 2.30. The van der Waals surface area contributed by atoms with E-state index in [-0.39, 0.29) is 17.1 Å². The fourth-order valence-corrected chi connectivity index (χ4v) is 1.84. The Hall–Kier alpha value is 0.623. The fourth-order valence-electron chi connectivity index (χ4n) is 0.354. The Kier molecular flexibility index (Phi) is 24.1. The third kappa shape index (κ3) is 20.6. The third-order valence-corrected chi connectivity index (χ3v) is 3.67. The molecule has 0 radical (unpaired) electrons. The summed E-state index contributed by atoms with van der Waals surface area (Å²) in [6, 6.07) is 0. The maximum atomic E-state index is 2.30. The molecule has 0 amide bonds. The van der Waals surface area contributed by atoms with Crippen LogP contribution in [0.1, 0.15) is 27.7 Å². The van der Waals surface area contributed by atoms with Crippen molar-refractivity contribution in [2.45, 2.75) is 37.7 Å². The molecule has 42 valence electrons. The summed E-state index contributed by atoms with van der Waals surface area (Å²) in [7, 11) is 0. The summed E-state index contributed by atoms with van der Waals surface area (Å²) in [5, 5.41) is 3.06. The van der Waals surface area contributed by atoms with E-state index in [2.05, 4.69) is 13.8 Å². The summed E-state index contributed by atoms with van der Waals surface area (Å²) >= 11 is 0.0972. The van der Waals surface area contributed by atoms with Crippen molar-refractivity contribution in [2.75, 3.05) is 0 Å². The van der Waals surface area contributed by atoms with Gasteiger partial charge in [0.25, 0.3) is 0 Å². The summed E-state index contributed by atoms with van der Waals surface area (Å²) in [5.41, 5.74) is 0. The quantitative estimate of drug-likeness (QED) is 0.535. The first kappa shape index (κ1) is 10.6. The molecule has 0 aromatic rings. The van der Waals surface area contributed by atoms with Gasteiger partial charge in [0.15, 0.2) is 0 Å². The molecule has 0 aliphatic carbocycles. The zero-order valence-corrected chi connectivity index (χ0v) is 9.09. The molecule has 1 heteroatoms. The van der Waals surface area contributed by atoms with Gasteiger partial charge in [0.2, 0.25) is 0 Å². The van der Waals surface area contributed by atoms with Crippen molar-refractivity contribution in [3.8, 4) is 0 Å². The normalized spacial score (nSPS) is 5.71. The van der Waals surface area contributed by atoms with Crippen LogP contribution in [0.25, 0.3) is 0 Å². The monoisotopic (exact) mass is 152 g/mol. The van der Waals surface area contributed by atoms with Crippen LogP contribution in [0.2, 0.25) is 10.0 Å². The predicted octanol–water partition coefficient (Wildman–Crippen LogP) is 2.97. The predicted molar refractivity (Wildman–Crippen MR) is 32.3 cm³/mol. The molecule has 0 atom stereocenters. The van der Waals surface area contributed by atoms with Crippen molar-refractivity contribution in [1.82, 2.24) is 0 Å². The zero-order chi connectivity index (χ0) is 6.12. The van der Waals surface area contributed by atoms with E-state index in [4.69, 9.17) is 0 Å². The molecule has 0 fully saturated rings.